The van der Waals surface area contributed by atoms with Gasteiger partial charge in [-0.15, -0.1) is 0 Å². The summed E-state index contributed by atoms with van der Waals surface area (Å²) in [4.78, 5) is 0. The van der Waals surface area contributed by atoms with Crippen molar-refractivity contribution in [2.75, 3.05) is 26.4 Å². The standard InChI is InChI=1S/C26H54O2/c1-3-5-7-9-11-13-15-17-19-23-27-25-21-22-26-28-24-20-18-16-14-12-10-8-6-4-2/h3-26H2,1-2H3. The molecule has 28 heavy (non-hydrogen) atoms. The summed E-state index contributed by atoms with van der Waals surface area (Å²) in [6.45, 7) is 8.30. The molecule has 0 spiro atoms. The highest BCUT2D eigenvalue weighted by atomic mass is 16.5. The van der Waals surface area contributed by atoms with Crippen LogP contribution in [0.3, 0.4) is 0 Å². The Hall–Kier alpha value is -0.0800. The zero-order valence-electron chi connectivity index (χ0n) is 19.8. The van der Waals surface area contributed by atoms with Gasteiger partial charge in [0.05, 0.1) is 0 Å². The van der Waals surface area contributed by atoms with E-state index in [2.05, 4.69) is 13.8 Å². The van der Waals surface area contributed by atoms with Crippen LogP contribution in [-0.4, -0.2) is 26.4 Å². The van der Waals surface area contributed by atoms with Crippen LogP contribution in [0.25, 0.3) is 0 Å². The van der Waals surface area contributed by atoms with Crippen molar-refractivity contribution in [1.82, 2.24) is 0 Å². The fraction of sp³-hybridized carbons (Fsp3) is 1.00. The average Bonchev–Trinajstić information content (AvgIpc) is 2.71. The predicted octanol–water partition coefficient (Wildman–Crippen LogP) is 8.86. The van der Waals surface area contributed by atoms with Crippen molar-refractivity contribution >= 4 is 0 Å². The molecule has 0 aliphatic heterocycles. The quantitative estimate of drug-likeness (QED) is 0.143. The molecule has 0 radical (unpaired) electrons. The topological polar surface area (TPSA) is 18.5 Å². The van der Waals surface area contributed by atoms with Crippen molar-refractivity contribution in [1.29, 1.82) is 0 Å². The van der Waals surface area contributed by atoms with E-state index in [0.29, 0.717) is 0 Å². The Morgan fingerprint density at radius 2 is 0.500 bits per heavy atom. The molecule has 170 valence electrons. The van der Waals surface area contributed by atoms with Crippen LogP contribution in [0.1, 0.15) is 142 Å². The summed E-state index contributed by atoms with van der Waals surface area (Å²) in [5.74, 6) is 0. The van der Waals surface area contributed by atoms with Crippen molar-refractivity contribution < 1.29 is 9.47 Å². The second-order valence-electron chi connectivity index (χ2n) is 8.59. The fourth-order valence-electron chi connectivity index (χ4n) is 3.64. The summed E-state index contributed by atoms with van der Waals surface area (Å²) in [5, 5.41) is 0. The number of ether oxygens (including phenoxy) is 2. The Morgan fingerprint density at radius 3 is 0.786 bits per heavy atom. The number of unbranched alkanes of at least 4 members (excludes halogenated alkanes) is 17. The van der Waals surface area contributed by atoms with Crippen LogP contribution in [0, 0.1) is 0 Å². The summed E-state index contributed by atoms with van der Waals surface area (Å²) < 4.78 is 11.5. The minimum absolute atomic E-state index is 0.915. The van der Waals surface area contributed by atoms with Crippen molar-refractivity contribution in [3.63, 3.8) is 0 Å². The van der Waals surface area contributed by atoms with Gasteiger partial charge in [-0.1, -0.05) is 117 Å². The van der Waals surface area contributed by atoms with E-state index in [0.717, 1.165) is 39.3 Å². The van der Waals surface area contributed by atoms with Gasteiger partial charge in [0.25, 0.3) is 0 Å². The van der Waals surface area contributed by atoms with E-state index in [1.165, 1.54) is 116 Å². The molecule has 0 rings (SSSR count). The van der Waals surface area contributed by atoms with Crippen molar-refractivity contribution in [2.24, 2.45) is 0 Å². The average molecular weight is 399 g/mol. The highest BCUT2D eigenvalue weighted by Gasteiger charge is 1.95. The molecule has 0 amide bonds. The first-order valence-electron chi connectivity index (χ1n) is 13.1. The van der Waals surface area contributed by atoms with E-state index in [1.54, 1.807) is 0 Å². The fourth-order valence-corrected chi connectivity index (χ4v) is 3.64. The minimum atomic E-state index is 0.915. The highest BCUT2D eigenvalue weighted by Crippen LogP contribution is 2.10. The molecular weight excluding hydrogens is 344 g/mol. The largest absolute Gasteiger partial charge is 0.381 e. The lowest BCUT2D eigenvalue weighted by molar-refractivity contribution is 0.0991. The molecule has 0 fully saturated rings. The molecule has 2 heteroatoms. The minimum Gasteiger partial charge on any atom is -0.381 e. The summed E-state index contributed by atoms with van der Waals surface area (Å²) in [7, 11) is 0. The molecule has 0 aromatic carbocycles. The third kappa shape index (κ3) is 25.9. The van der Waals surface area contributed by atoms with E-state index in [1.807, 2.05) is 0 Å². The lowest BCUT2D eigenvalue weighted by Crippen LogP contribution is -2.01. The number of hydrogen-bond acceptors (Lipinski definition) is 2. The smallest absolute Gasteiger partial charge is 0.0466 e. The van der Waals surface area contributed by atoms with E-state index in [-0.39, 0.29) is 0 Å². The van der Waals surface area contributed by atoms with Gasteiger partial charge >= 0.3 is 0 Å². The molecule has 0 bridgehead atoms. The molecule has 0 saturated heterocycles. The Morgan fingerprint density at radius 1 is 0.286 bits per heavy atom. The number of hydrogen-bond donors (Lipinski definition) is 0. The predicted molar refractivity (Wildman–Crippen MR) is 125 cm³/mol. The van der Waals surface area contributed by atoms with Crippen LogP contribution in [0.5, 0.6) is 0 Å². The van der Waals surface area contributed by atoms with Gasteiger partial charge in [0, 0.05) is 26.4 Å². The van der Waals surface area contributed by atoms with E-state index in [4.69, 9.17) is 9.47 Å². The van der Waals surface area contributed by atoms with Crippen LogP contribution < -0.4 is 0 Å². The van der Waals surface area contributed by atoms with E-state index >= 15 is 0 Å². The molecule has 0 heterocycles. The first-order valence-corrected chi connectivity index (χ1v) is 13.1. The molecule has 0 aliphatic carbocycles. The van der Waals surface area contributed by atoms with Gasteiger partial charge in [0.2, 0.25) is 0 Å². The molecule has 0 aromatic rings. The third-order valence-corrected chi connectivity index (χ3v) is 5.61. The van der Waals surface area contributed by atoms with Crippen molar-refractivity contribution in [3.05, 3.63) is 0 Å². The third-order valence-electron chi connectivity index (χ3n) is 5.61. The Labute approximate surface area is 178 Å². The zero-order valence-corrected chi connectivity index (χ0v) is 19.8. The van der Waals surface area contributed by atoms with Crippen LogP contribution in [0.4, 0.5) is 0 Å². The van der Waals surface area contributed by atoms with Gasteiger partial charge < -0.3 is 9.47 Å². The molecule has 0 unspecified atom stereocenters. The summed E-state index contributed by atoms with van der Waals surface area (Å²) in [6.07, 6.45) is 27.2. The summed E-state index contributed by atoms with van der Waals surface area (Å²) >= 11 is 0. The lowest BCUT2D eigenvalue weighted by atomic mass is 10.1. The molecule has 0 N–H and O–H groups in total. The van der Waals surface area contributed by atoms with Gasteiger partial charge in [0.1, 0.15) is 0 Å². The molecule has 2 nitrogen and oxygen atoms in total. The summed E-state index contributed by atoms with van der Waals surface area (Å²) in [6, 6.07) is 0. The Bertz CT molecular complexity index is 229. The molecule has 0 aromatic heterocycles. The van der Waals surface area contributed by atoms with Gasteiger partial charge in [-0.05, 0) is 25.7 Å². The Kier molecular flexibility index (Phi) is 26.8. The van der Waals surface area contributed by atoms with Crippen molar-refractivity contribution in [3.8, 4) is 0 Å². The Balaban J connectivity index is 2.96. The van der Waals surface area contributed by atoms with Gasteiger partial charge in [-0.2, -0.15) is 0 Å². The van der Waals surface area contributed by atoms with Gasteiger partial charge in [-0.3, -0.25) is 0 Å². The van der Waals surface area contributed by atoms with Crippen LogP contribution in [-0.2, 0) is 9.47 Å². The van der Waals surface area contributed by atoms with Gasteiger partial charge in [0.15, 0.2) is 0 Å². The normalized spacial score (nSPS) is 11.4. The SMILES string of the molecule is CCCCCCCCCCCOCCCCOCCCCCCCCCCC. The maximum Gasteiger partial charge on any atom is 0.0466 e. The summed E-state index contributed by atoms with van der Waals surface area (Å²) in [5.41, 5.74) is 0. The second kappa shape index (κ2) is 26.9. The van der Waals surface area contributed by atoms with Crippen LogP contribution in [0.15, 0.2) is 0 Å². The van der Waals surface area contributed by atoms with Crippen LogP contribution >= 0.6 is 0 Å². The van der Waals surface area contributed by atoms with Crippen molar-refractivity contribution in [2.45, 2.75) is 142 Å². The van der Waals surface area contributed by atoms with E-state index < -0.39 is 0 Å². The molecule has 0 atom stereocenters. The maximum absolute atomic E-state index is 5.74. The molecule has 0 aliphatic rings. The zero-order chi connectivity index (χ0) is 20.4. The lowest BCUT2D eigenvalue weighted by Gasteiger charge is -2.06. The maximum atomic E-state index is 5.74. The first-order chi connectivity index (χ1) is 13.9. The van der Waals surface area contributed by atoms with E-state index in [9.17, 15) is 0 Å². The second-order valence-corrected chi connectivity index (χ2v) is 8.59. The number of rotatable bonds is 25. The molecule has 0 saturated carbocycles. The monoisotopic (exact) mass is 398 g/mol. The molecular formula is C26H54O2. The highest BCUT2D eigenvalue weighted by molar-refractivity contribution is 4.48. The van der Waals surface area contributed by atoms with Crippen LogP contribution in [0.2, 0.25) is 0 Å². The first kappa shape index (κ1) is 27.9. The van der Waals surface area contributed by atoms with Gasteiger partial charge in [-0.25, -0.2) is 0 Å².